The van der Waals surface area contributed by atoms with Gasteiger partial charge in [0.1, 0.15) is 24.4 Å². The Balaban J connectivity index is 2.74. The Bertz CT molecular complexity index is 667. The molecule has 1 fully saturated rings. The Hall–Kier alpha value is -1.26. The summed E-state index contributed by atoms with van der Waals surface area (Å²) in [6.07, 6.45) is 17.5. The number of nitrogens with one attached hydrogen (secondary N) is 1. The molecule has 0 spiro atoms. The van der Waals surface area contributed by atoms with Gasteiger partial charge in [0.25, 0.3) is 0 Å². The first-order chi connectivity index (χ1) is 19.9. The molecule has 0 aromatic rings. The van der Waals surface area contributed by atoms with Crippen molar-refractivity contribution in [3.8, 4) is 0 Å². The van der Waals surface area contributed by atoms with Gasteiger partial charge in [-0.2, -0.15) is 0 Å². The van der Waals surface area contributed by atoms with E-state index in [0.29, 0.717) is 13.0 Å². The van der Waals surface area contributed by atoms with Crippen LogP contribution < -0.4 is 11.1 Å². The van der Waals surface area contributed by atoms with Crippen LogP contribution in [0.15, 0.2) is 0 Å². The molecule has 5 atom stereocenters. The highest BCUT2D eigenvalue weighted by Crippen LogP contribution is 2.26. The average molecular weight is 586 g/mol. The monoisotopic (exact) mass is 585 g/mol. The number of nitrogens with zero attached hydrogens (tertiary/aromatic N) is 1. The van der Waals surface area contributed by atoms with Crippen molar-refractivity contribution >= 4 is 11.8 Å². The molecule has 2 amide bonds. The third-order valence-corrected chi connectivity index (χ3v) is 8.29. The van der Waals surface area contributed by atoms with Gasteiger partial charge in [0.05, 0.1) is 13.2 Å². The molecule has 1 heterocycles. The molecular formula is C32H63N3O6. The van der Waals surface area contributed by atoms with Crippen molar-refractivity contribution in [1.82, 2.24) is 10.2 Å². The molecule has 6 N–H and O–H groups in total. The predicted octanol–water partition coefficient (Wildman–Crippen LogP) is 4.54. The summed E-state index contributed by atoms with van der Waals surface area (Å²) in [4.78, 5) is 27.3. The van der Waals surface area contributed by atoms with E-state index in [1.165, 1.54) is 83.5 Å². The molecule has 0 saturated carbocycles. The van der Waals surface area contributed by atoms with Gasteiger partial charge < -0.3 is 36.0 Å². The number of aliphatic hydroxyl groups excluding tert-OH is 3. The zero-order chi connectivity index (χ0) is 30.3. The van der Waals surface area contributed by atoms with Crippen LogP contribution in [0, 0.1) is 0 Å². The number of hydrogen-bond donors (Lipinski definition) is 5. The standard InChI is InChI=1S/C32H63N3O6/c1-3-5-7-9-11-13-15-17-19-21-23-35(28(38)22-20-18-16-14-12-10-8-6-4-2)32-29(34-27(37)24-33)31(40)30(39)26(25-36)41-32/h26,29-32,36,39-40H,3-25,33H2,1-2H3,(H,34,37)/t26-,29-,30-,31-,32-/m1/s1. The second-order valence-corrected chi connectivity index (χ2v) is 11.9. The molecule has 242 valence electrons. The van der Waals surface area contributed by atoms with Gasteiger partial charge in [-0.05, 0) is 12.8 Å². The summed E-state index contributed by atoms with van der Waals surface area (Å²) in [6.45, 7) is 4.07. The van der Waals surface area contributed by atoms with Crippen LogP contribution in [0.1, 0.15) is 142 Å². The van der Waals surface area contributed by atoms with Crippen molar-refractivity contribution in [1.29, 1.82) is 0 Å². The van der Waals surface area contributed by atoms with E-state index < -0.39 is 43.1 Å². The molecule has 0 aromatic heterocycles. The lowest BCUT2D eigenvalue weighted by molar-refractivity contribution is -0.231. The third-order valence-electron chi connectivity index (χ3n) is 8.29. The van der Waals surface area contributed by atoms with Gasteiger partial charge in [-0.15, -0.1) is 0 Å². The highest BCUT2D eigenvalue weighted by atomic mass is 16.5. The Morgan fingerprint density at radius 1 is 0.732 bits per heavy atom. The van der Waals surface area contributed by atoms with Crippen LogP contribution in [-0.4, -0.2) is 82.3 Å². The highest BCUT2D eigenvalue weighted by Gasteiger charge is 2.47. The third kappa shape index (κ3) is 15.7. The molecule has 0 unspecified atom stereocenters. The van der Waals surface area contributed by atoms with Crippen molar-refractivity contribution in [3.05, 3.63) is 0 Å². The lowest BCUT2D eigenvalue weighted by Crippen LogP contribution is -2.69. The molecule has 0 radical (unpaired) electrons. The summed E-state index contributed by atoms with van der Waals surface area (Å²) in [5, 5.41) is 33.7. The summed E-state index contributed by atoms with van der Waals surface area (Å²) >= 11 is 0. The highest BCUT2D eigenvalue weighted by molar-refractivity contribution is 5.79. The van der Waals surface area contributed by atoms with E-state index in [2.05, 4.69) is 19.2 Å². The lowest BCUT2D eigenvalue weighted by atomic mass is 9.94. The van der Waals surface area contributed by atoms with Gasteiger partial charge in [0.2, 0.25) is 11.8 Å². The zero-order valence-corrected chi connectivity index (χ0v) is 26.2. The smallest absolute Gasteiger partial charge is 0.234 e. The number of rotatable bonds is 25. The minimum atomic E-state index is -1.41. The van der Waals surface area contributed by atoms with E-state index in [1.54, 1.807) is 4.90 Å². The summed E-state index contributed by atoms with van der Waals surface area (Å²) in [6, 6.07) is -1.04. The molecule has 1 saturated heterocycles. The van der Waals surface area contributed by atoms with Gasteiger partial charge in [-0.25, -0.2) is 0 Å². The fourth-order valence-corrected chi connectivity index (χ4v) is 5.66. The normalized spacial score (nSPS) is 22.5. The largest absolute Gasteiger partial charge is 0.394 e. The number of ether oxygens (including phenoxy) is 1. The predicted molar refractivity (Wildman–Crippen MR) is 164 cm³/mol. The van der Waals surface area contributed by atoms with Gasteiger partial charge in [-0.1, -0.05) is 123 Å². The number of unbranched alkanes of at least 4 members (excludes halogenated alkanes) is 17. The van der Waals surface area contributed by atoms with Crippen LogP contribution in [0.25, 0.3) is 0 Å². The molecule has 9 nitrogen and oxygen atoms in total. The fourth-order valence-electron chi connectivity index (χ4n) is 5.66. The first-order valence-corrected chi connectivity index (χ1v) is 16.8. The second-order valence-electron chi connectivity index (χ2n) is 11.9. The van der Waals surface area contributed by atoms with Crippen LogP contribution in [-0.2, 0) is 14.3 Å². The van der Waals surface area contributed by atoms with E-state index >= 15 is 0 Å². The quantitative estimate of drug-likeness (QED) is 0.0989. The number of carbonyl (C=O) groups excluding carboxylic acids is 2. The molecule has 41 heavy (non-hydrogen) atoms. The zero-order valence-electron chi connectivity index (χ0n) is 26.2. The number of carbonyl (C=O) groups is 2. The first kappa shape index (κ1) is 37.8. The number of hydrogen-bond acceptors (Lipinski definition) is 7. The molecule has 9 heteroatoms. The number of nitrogens with two attached hydrogens (primary N) is 1. The van der Waals surface area contributed by atoms with Crippen molar-refractivity contribution < 1.29 is 29.6 Å². The Morgan fingerprint density at radius 3 is 1.66 bits per heavy atom. The van der Waals surface area contributed by atoms with E-state index in [9.17, 15) is 24.9 Å². The van der Waals surface area contributed by atoms with Gasteiger partial charge in [0.15, 0.2) is 6.23 Å². The van der Waals surface area contributed by atoms with Crippen LogP contribution in [0.4, 0.5) is 0 Å². The van der Waals surface area contributed by atoms with Crippen LogP contribution in [0.5, 0.6) is 0 Å². The Kier molecular flexibility index (Phi) is 22.3. The summed E-state index contributed by atoms with van der Waals surface area (Å²) in [7, 11) is 0. The van der Waals surface area contributed by atoms with E-state index in [1.807, 2.05) is 0 Å². The van der Waals surface area contributed by atoms with Crippen LogP contribution in [0.3, 0.4) is 0 Å². The molecule has 0 bridgehead atoms. The minimum Gasteiger partial charge on any atom is -0.394 e. The maximum absolute atomic E-state index is 13.5. The maximum atomic E-state index is 13.5. The fraction of sp³-hybridized carbons (Fsp3) is 0.938. The van der Waals surface area contributed by atoms with E-state index in [-0.39, 0.29) is 12.5 Å². The van der Waals surface area contributed by atoms with Crippen LogP contribution in [0.2, 0.25) is 0 Å². The van der Waals surface area contributed by atoms with E-state index in [4.69, 9.17) is 10.5 Å². The van der Waals surface area contributed by atoms with Gasteiger partial charge in [-0.3, -0.25) is 9.59 Å². The van der Waals surface area contributed by atoms with Crippen molar-refractivity contribution in [2.45, 2.75) is 173 Å². The summed E-state index contributed by atoms with van der Waals surface area (Å²) in [5.74, 6) is -0.608. The van der Waals surface area contributed by atoms with Crippen molar-refractivity contribution in [2.24, 2.45) is 5.73 Å². The SMILES string of the molecule is CCCCCCCCCCCCN(C(=O)CCCCCCCCCCC)[C@@H]1O[C@H](CO)[C@@H](O)[C@H](O)[C@H]1NC(=O)CN. The van der Waals surface area contributed by atoms with E-state index in [0.717, 1.165) is 38.5 Å². The van der Waals surface area contributed by atoms with Gasteiger partial charge in [0, 0.05) is 13.0 Å². The molecule has 1 aliphatic heterocycles. The molecule has 1 rings (SSSR count). The molecule has 1 aliphatic rings. The summed E-state index contributed by atoms with van der Waals surface area (Å²) in [5.41, 5.74) is 5.50. The van der Waals surface area contributed by atoms with Crippen molar-refractivity contribution in [3.63, 3.8) is 0 Å². The maximum Gasteiger partial charge on any atom is 0.234 e. The Morgan fingerprint density at radius 2 is 1.20 bits per heavy atom. The number of aliphatic hydroxyl groups is 3. The summed E-state index contributed by atoms with van der Waals surface area (Å²) < 4.78 is 5.98. The van der Waals surface area contributed by atoms with Crippen LogP contribution >= 0.6 is 0 Å². The minimum absolute atomic E-state index is 0.0962. The topological polar surface area (TPSA) is 145 Å². The Labute approximate surface area is 250 Å². The van der Waals surface area contributed by atoms with Crippen molar-refractivity contribution in [2.75, 3.05) is 19.7 Å². The molecular weight excluding hydrogens is 522 g/mol. The molecule has 0 aromatic carbocycles. The van der Waals surface area contributed by atoms with Gasteiger partial charge >= 0.3 is 0 Å². The number of amides is 2. The first-order valence-electron chi connectivity index (χ1n) is 16.8. The average Bonchev–Trinajstić information content (AvgIpc) is 2.97. The lowest BCUT2D eigenvalue weighted by Gasteiger charge is -2.46. The second kappa shape index (κ2) is 24.2. The molecule has 0 aliphatic carbocycles.